The number of aromatic nitrogens is 4. The summed E-state index contributed by atoms with van der Waals surface area (Å²) >= 11 is 1.34. The molecule has 0 bridgehead atoms. The number of benzene rings is 6. The van der Waals surface area contributed by atoms with Crippen LogP contribution in [0.3, 0.4) is 0 Å². The van der Waals surface area contributed by atoms with E-state index in [0.717, 1.165) is 55.5 Å². The van der Waals surface area contributed by atoms with Crippen molar-refractivity contribution >= 4 is 35.3 Å². The van der Waals surface area contributed by atoms with Gasteiger partial charge in [-0.05, 0) is 183 Å². The van der Waals surface area contributed by atoms with E-state index in [0.29, 0.717) is 115 Å². The maximum absolute atomic E-state index is 15.2. The fourth-order valence-electron chi connectivity index (χ4n) is 10.4. The maximum Gasteiger partial charge on any atom is 0.416 e. The van der Waals surface area contributed by atoms with Crippen LogP contribution in [-0.4, -0.2) is 103 Å². The molecule has 2 heterocycles. The summed E-state index contributed by atoms with van der Waals surface area (Å²) < 4.78 is 288. The second-order valence-electron chi connectivity index (χ2n) is 22.0. The highest BCUT2D eigenvalue weighted by Crippen LogP contribution is 2.35. The number of hydrogen-bond donors (Lipinski definition) is 0. The van der Waals surface area contributed by atoms with Crippen LogP contribution in [0.2, 0.25) is 0 Å². The van der Waals surface area contributed by atoms with E-state index in [-0.39, 0.29) is 112 Å². The molecule has 6 aromatic carbocycles. The molecule has 0 spiro atoms. The van der Waals surface area contributed by atoms with Gasteiger partial charge >= 0.3 is 12.4 Å². The zero-order valence-electron chi connectivity index (χ0n) is 73.0. The normalized spacial score (nSPS) is 16.9. The summed E-state index contributed by atoms with van der Waals surface area (Å²) in [5, 5.41) is -0.508. The zero-order valence-corrected chi connectivity index (χ0v) is 54.6. The van der Waals surface area contributed by atoms with Crippen molar-refractivity contribution in [3.63, 3.8) is 0 Å². The van der Waals surface area contributed by atoms with Crippen LogP contribution >= 0.6 is 23.5 Å². The van der Waals surface area contributed by atoms with Gasteiger partial charge in [0.25, 0.3) is 11.1 Å². The molecule has 0 atom stereocenters. The van der Waals surface area contributed by atoms with Gasteiger partial charge in [0.2, 0.25) is 11.8 Å². The Morgan fingerprint density at radius 3 is 1.56 bits per heavy atom. The van der Waals surface area contributed by atoms with Gasteiger partial charge in [-0.1, -0.05) is 136 Å². The van der Waals surface area contributed by atoms with Crippen molar-refractivity contribution in [3.8, 4) is 22.3 Å². The smallest absolute Gasteiger partial charge is 0.336 e. The highest BCUT2D eigenvalue weighted by atomic mass is 32.2. The zero-order chi connectivity index (χ0) is 86.6. The molecule has 0 unspecified atom stereocenters. The molecule has 10 rings (SSSR count). The molecular weight excluding hydrogens is 1280 g/mol. The van der Waals surface area contributed by atoms with E-state index in [1.54, 1.807) is 11.5 Å². The third-order valence-corrected chi connectivity index (χ3v) is 17.6. The summed E-state index contributed by atoms with van der Waals surface area (Å²) in [6, 6.07) is 13.3. The molecule has 22 heteroatoms. The standard InChI is InChI=1S/2C37H40F4N4O2S/c2*1-4-43(5-2)19-20-44(22-29-12-11-28(21-25(29)3)27-13-15-30(16-14-27)37(39,40)41)34(46)23-45-33-8-6-7-32(33)35(47)42-36(45)48-24-26-9-17-31(38)18-10-26/h2*9-18,21H,4-8,19-20,22-24H2,1-3H3/i4D2,5D2,11D,12D,19D2,20D2,21D,22D2,23D2;11D,12D,21D,24D2. The Bertz CT molecular complexity index is 5080. The van der Waals surface area contributed by atoms with E-state index in [1.807, 2.05) is 13.8 Å². The summed E-state index contributed by atoms with van der Waals surface area (Å²) in [6.07, 6.45) is -7.52. The Morgan fingerprint density at radius 2 is 1.05 bits per heavy atom. The molecule has 2 aliphatic rings. The lowest BCUT2D eigenvalue weighted by molar-refractivity contribution is -0.138. The Kier molecular flexibility index (Phi) is 17.0. The van der Waals surface area contributed by atoms with Gasteiger partial charge in [-0.3, -0.25) is 19.2 Å². The number of carbonyl (C=O) groups excluding carboxylic acids is 2. The van der Waals surface area contributed by atoms with E-state index in [2.05, 4.69) is 14.9 Å². The van der Waals surface area contributed by atoms with Crippen LogP contribution in [0, 0.1) is 25.5 Å². The van der Waals surface area contributed by atoms with Gasteiger partial charge in [0, 0.05) is 84.1 Å². The van der Waals surface area contributed by atoms with Gasteiger partial charge in [-0.2, -0.15) is 36.3 Å². The molecular formula is C74H80F8N8O4S2. The van der Waals surface area contributed by atoms with Crippen LogP contribution in [0.25, 0.3) is 22.3 Å². The van der Waals surface area contributed by atoms with Gasteiger partial charge in [0.05, 0.1) is 27.6 Å². The van der Waals surface area contributed by atoms with Crippen LogP contribution < -0.4 is 11.1 Å². The Morgan fingerprint density at radius 1 is 0.562 bits per heavy atom. The monoisotopic (exact) mass is 1380 g/mol. The quantitative estimate of drug-likeness (QED) is 0.0295. The highest BCUT2D eigenvalue weighted by Gasteiger charge is 2.32. The maximum atomic E-state index is 15.2. The number of fused-ring (bicyclic) bond motifs is 2. The molecule has 0 radical (unpaired) electrons. The Labute approximate surface area is 591 Å². The SMILES string of the molecule is [2H]c1c([2H])c(-c2ccc(C(F)(F)F)cc2)c([2H])c(C)c1CN(CCN(CC)CC)C(=O)Cn1c(SC([2H])([2H])c2ccc(F)cc2)nc(=O)c2c1CCC2.[2H]c1c([2H])c(C([2H])([2H])N(C(=O)C([2H])([2H])n2c(SCc3ccc(F)cc3)nc(=O)c3c2CCC3)C([2H])([2H])C([2H])([2H])N(C([2H])([2H])C)C([2H])([2H])C)c(C)c([2H])c1-c1ccc(C(F)(F)F)cc1. The molecule has 2 amide bonds. The van der Waals surface area contributed by atoms with Crippen LogP contribution in [-0.2, 0) is 85.2 Å². The molecule has 0 saturated heterocycles. The van der Waals surface area contributed by atoms with Gasteiger partial charge < -0.3 is 28.7 Å². The molecule has 0 N–H and O–H groups in total. The van der Waals surface area contributed by atoms with Crippen LogP contribution in [0.4, 0.5) is 35.1 Å². The summed E-state index contributed by atoms with van der Waals surface area (Å²) in [5.41, 5.74) is -5.68. The average molecular weight is 1380 g/mol. The Hall–Kier alpha value is -7.92. The summed E-state index contributed by atoms with van der Waals surface area (Å²) in [6.45, 7) is -13.1. The minimum atomic E-state index is -4.77. The van der Waals surface area contributed by atoms with Gasteiger partial charge in [-0.15, -0.1) is 0 Å². The fourth-order valence-corrected chi connectivity index (χ4v) is 12.1. The van der Waals surface area contributed by atoms with Crippen LogP contribution in [0.1, 0.15) is 135 Å². The summed E-state index contributed by atoms with van der Waals surface area (Å²) in [5.74, 6) is -3.91. The molecule has 0 aliphatic heterocycles. The summed E-state index contributed by atoms with van der Waals surface area (Å²) in [7, 11) is 0. The van der Waals surface area contributed by atoms with Crippen LogP contribution in [0.15, 0.2) is 153 Å². The molecule has 12 nitrogen and oxygen atoms in total. The van der Waals surface area contributed by atoms with Crippen molar-refractivity contribution in [2.75, 3.05) is 52.2 Å². The van der Waals surface area contributed by atoms with E-state index in [9.17, 15) is 57.7 Å². The van der Waals surface area contributed by atoms with E-state index >= 15 is 4.79 Å². The average Bonchev–Trinajstić information content (AvgIpc) is 0.779. The van der Waals surface area contributed by atoms with Crippen molar-refractivity contribution in [1.82, 2.24) is 38.7 Å². The van der Waals surface area contributed by atoms with Crippen molar-refractivity contribution < 1.29 is 72.1 Å². The van der Waals surface area contributed by atoms with Crippen molar-refractivity contribution in [3.05, 3.63) is 233 Å². The van der Waals surface area contributed by atoms with Gasteiger partial charge in [-0.25, -0.2) is 8.78 Å². The van der Waals surface area contributed by atoms with E-state index < -0.39 is 148 Å². The van der Waals surface area contributed by atoms with Crippen molar-refractivity contribution in [2.45, 2.75) is 140 Å². The number of amides is 2. The number of hydrogen-bond acceptors (Lipinski definition) is 10. The predicted octanol–water partition coefficient (Wildman–Crippen LogP) is 15.1. The number of carbonyl (C=O) groups is 2. The predicted molar refractivity (Wildman–Crippen MR) is 363 cm³/mol. The molecule has 96 heavy (non-hydrogen) atoms. The molecule has 2 aliphatic carbocycles. The number of halogens is 8. The van der Waals surface area contributed by atoms with Crippen molar-refractivity contribution in [1.29, 1.82) is 0 Å². The topological polar surface area (TPSA) is 117 Å². The number of likely N-dealkylation sites (N-methyl/N-ethyl adjacent to an activating group) is 2. The van der Waals surface area contributed by atoms with Crippen LogP contribution in [0.5, 0.6) is 0 Å². The number of rotatable bonds is 26. The first-order valence-corrected chi connectivity index (χ1v) is 32.2. The lowest BCUT2D eigenvalue weighted by atomic mass is 9.98. The number of thioether (sulfide) groups is 2. The first-order valence-electron chi connectivity index (χ1n) is 40.4. The minimum Gasteiger partial charge on any atom is -0.336 e. The van der Waals surface area contributed by atoms with Gasteiger partial charge in [0.15, 0.2) is 10.3 Å². The van der Waals surface area contributed by atoms with Crippen molar-refractivity contribution in [2.24, 2.45) is 0 Å². The first-order chi connectivity index (χ1) is 53.6. The Balaban J connectivity index is 0.000000269. The highest BCUT2D eigenvalue weighted by molar-refractivity contribution is 7.98. The third-order valence-electron chi connectivity index (χ3n) is 15.7. The van der Waals surface area contributed by atoms with E-state index in [4.69, 9.17) is 19.2 Å². The largest absolute Gasteiger partial charge is 0.416 e. The lowest BCUT2D eigenvalue weighted by Gasteiger charge is -2.28. The lowest BCUT2D eigenvalue weighted by Crippen LogP contribution is -2.40. The second-order valence-corrected chi connectivity index (χ2v) is 23.7. The molecule has 0 fully saturated rings. The first kappa shape index (κ1) is 49.6. The third kappa shape index (κ3) is 18.8. The minimum absolute atomic E-state index is 0.0119. The molecule has 8 aromatic rings. The molecule has 508 valence electrons. The summed E-state index contributed by atoms with van der Waals surface area (Å²) in [4.78, 5) is 66.8. The second kappa shape index (κ2) is 32.9. The molecule has 2 aromatic heterocycles. The fraction of sp³-hybridized carbons (Fsp3) is 0.378. The number of alkyl halides is 6. The molecule has 0 saturated carbocycles. The number of nitrogens with zero attached hydrogens (tertiary/aromatic N) is 8. The van der Waals surface area contributed by atoms with Gasteiger partial charge in [0.1, 0.15) is 24.7 Å². The van der Waals surface area contributed by atoms with E-state index in [1.165, 1.54) is 41.3 Å².